The van der Waals surface area contributed by atoms with Crippen molar-refractivity contribution in [3.63, 3.8) is 0 Å². The number of aryl methyl sites for hydroxylation is 1. The second kappa shape index (κ2) is 5.89. The van der Waals surface area contributed by atoms with Crippen molar-refractivity contribution in [2.24, 2.45) is 5.73 Å². The third-order valence-corrected chi connectivity index (χ3v) is 5.90. The smallest absolute Gasteiger partial charge is 0.243 e. The first-order chi connectivity index (χ1) is 9.36. The summed E-state index contributed by atoms with van der Waals surface area (Å²) in [5, 5.41) is 0.297. The lowest BCUT2D eigenvalue weighted by Gasteiger charge is -2.29. The van der Waals surface area contributed by atoms with E-state index in [0.29, 0.717) is 42.3 Å². The van der Waals surface area contributed by atoms with Gasteiger partial charge in [0.15, 0.2) is 0 Å². The molecule has 0 aromatic heterocycles. The van der Waals surface area contributed by atoms with Gasteiger partial charge >= 0.3 is 0 Å². The summed E-state index contributed by atoms with van der Waals surface area (Å²) < 4.78 is 31.9. The number of benzene rings is 1. The molecule has 0 spiro atoms. The number of nitrogens with two attached hydrogens (primary N) is 1. The molecule has 0 amide bonds. The molecule has 0 radical (unpaired) electrons. The highest BCUT2D eigenvalue weighted by molar-refractivity contribution is 7.89. The van der Waals surface area contributed by atoms with Crippen molar-refractivity contribution >= 4 is 21.6 Å². The summed E-state index contributed by atoms with van der Waals surface area (Å²) in [6, 6.07) is 3.19. The van der Waals surface area contributed by atoms with E-state index < -0.39 is 10.0 Å². The van der Waals surface area contributed by atoms with Gasteiger partial charge in [0.1, 0.15) is 5.75 Å². The van der Waals surface area contributed by atoms with Crippen LogP contribution in [0.5, 0.6) is 5.75 Å². The van der Waals surface area contributed by atoms with Crippen molar-refractivity contribution in [1.82, 2.24) is 4.31 Å². The normalized spacial score (nSPS) is 18.2. The fourth-order valence-corrected chi connectivity index (χ4v) is 4.33. The molecule has 1 aliphatic heterocycles. The Balaban J connectivity index is 2.37. The number of nitrogens with zero attached hydrogens (tertiary/aromatic N) is 1. The van der Waals surface area contributed by atoms with Gasteiger partial charge in [0, 0.05) is 19.1 Å². The van der Waals surface area contributed by atoms with E-state index in [1.165, 1.54) is 17.5 Å². The molecule has 0 unspecified atom stereocenters. The third-order valence-electron chi connectivity index (χ3n) is 3.57. The van der Waals surface area contributed by atoms with Crippen LogP contribution < -0.4 is 10.5 Å². The van der Waals surface area contributed by atoms with Crippen LogP contribution in [0.1, 0.15) is 18.4 Å². The highest BCUT2D eigenvalue weighted by atomic mass is 35.5. The van der Waals surface area contributed by atoms with Crippen LogP contribution in [0.2, 0.25) is 5.02 Å². The largest absolute Gasteiger partial charge is 0.495 e. The molecular weight excluding hydrogens is 300 g/mol. The molecule has 0 saturated carbocycles. The Hall–Kier alpha value is -0.820. The van der Waals surface area contributed by atoms with Crippen molar-refractivity contribution in [2.45, 2.75) is 30.7 Å². The first-order valence-electron chi connectivity index (χ1n) is 6.46. The Bertz CT molecular complexity index is 596. The first kappa shape index (κ1) is 15.6. The molecular formula is C13H19ClN2O3S. The Labute approximate surface area is 124 Å². The zero-order valence-electron chi connectivity index (χ0n) is 11.6. The van der Waals surface area contributed by atoms with E-state index in [9.17, 15) is 8.42 Å². The van der Waals surface area contributed by atoms with Gasteiger partial charge in [-0.05, 0) is 37.5 Å². The van der Waals surface area contributed by atoms with E-state index >= 15 is 0 Å². The zero-order valence-corrected chi connectivity index (χ0v) is 13.2. The fraction of sp³-hybridized carbons (Fsp3) is 0.538. The van der Waals surface area contributed by atoms with Crippen LogP contribution >= 0.6 is 11.6 Å². The van der Waals surface area contributed by atoms with Crippen LogP contribution in [0.4, 0.5) is 0 Å². The molecule has 2 rings (SSSR count). The lowest BCUT2D eigenvalue weighted by atomic mass is 10.1. The minimum Gasteiger partial charge on any atom is -0.495 e. The van der Waals surface area contributed by atoms with Crippen LogP contribution in [0.15, 0.2) is 17.0 Å². The molecule has 0 bridgehead atoms. The van der Waals surface area contributed by atoms with E-state index in [1.807, 2.05) is 0 Å². The van der Waals surface area contributed by atoms with Crippen LogP contribution in [-0.2, 0) is 10.0 Å². The van der Waals surface area contributed by atoms with Crippen LogP contribution in [-0.4, -0.2) is 39.0 Å². The minimum absolute atomic E-state index is 0.0852. The molecule has 1 aliphatic rings. The van der Waals surface area contributed by atoms with E-state index in [2.05, 4.69) is 0 Å². The van der Waals surface area contributed by atoms with Crippen LogP contribution in [0, 0.1) is 6.92 Å². The van der Waals surface area contributed by atoms with Gasteiger partial charge in [-0.3, -0.25) is 0 Å². The maximum atomic E-state index is 12.7. The molecule has 20 heavy (non-hydrogen) atoms. The number of hydrogen-bond acceptors (Lipinski definition) is 4. The number of sulfonamides is 1. The van der Waals surface area contributed by atoms with E-state index in [0.717, 1.165) is 0 Å². The lowest BCUT2D eigenvalue weighted by Crippen LogP contribution is -2.42. The maximum Gasteiger partial charge on any atom is 0.243 e. The summed E-state index contributed by atoms with van der Waals surface area (Å²) in [5.41, 5.74) is 6.44. The standard InChI is InChI=1S/C13H19ClN2O3S/c1-9-7-12(19-2)11(14)8-13(9)20(17,18)16-5-3-10(15)4-6-16/h7-8,10H,3-6,15H2,1-2H3. The average Bonchev–Trinajstić information content (AvgIpc) is 2.41. The Morgan fingerprint density at radius 2 is 1.95 bits per heavy atom. The lowest BCUT2D eigenvalue weighted by molar-refractivity contribution is 0.320. The molecule has 1 aromatic carbocycles. The van der Waals surface area contributed by atoms with Crippen molar-refractivity contribution in [3.8, 4) is 5.75 Å². The highest BCUT2D eigenvalue weighted by Gasteiger charge is 2.30. The van der Waals surface area contributed by atoms with Gasteiger partial charge in [-0.2, -0.15) is 4.31 Å². The summed E-state index contributed by atoms with van der Waals surface area (Å²) in [6.45, 7) is 2.64. The molecule has 1 saturated heterocycles. The SMILES string of the molecule is COc1cc(C)c(S(=O)(=O)N2CCC(N)CC2)cc1Cl. The predicted octanol–water partition coefficient (Wildman–Crippen LogP) is 1.77. The van der Waals surface area contributed by atoms with Crippen LogP contribution in [0.25, 0.3) is 0 Å². The molecule has 2 N–H and O–H groups in total. The summed E-state index contributed by atoms with van der Waals surface area (Å²) in [5.74, 6) is 0.476. The number of piperidine rings is 1. The third kappa shape index (κ3) is 2.93. The topological polar surface area (TPSA) is 72.6 Å². The molecule has 1 fully saturated rings. The number of hydrogen-bond donors (Lipinski definition) is 1. The second-order valence-electron chi connectivity index (χ2n) is 4.99. The Morgan fingerprint density at radius 3 is 2.50 bits per heavy atom. The number of rotatable bonds is 3. The minimum atomic E-state index is -3.53. The van der Waals surface area contributed by atoms with Crippen molar-refractivity contribution in [1.29, 1.82) is 0 Å². The Morgan fingerprint density at radius 1 is 1.35 bits per heavy atom. The highest BCUT2D eigenvalue weighted by Crippen LogP contribution is 2.32. The molecule has 1 heterocycles. The van der Waals surface area contributed by atoms with E-state index in [1.54, 1.807) is 13.0 Å². The Kier molecular flexibility index (Phi) is 4.59. The van der Waals surface area contributed by atoms with Gasteiger partial charge in [-0.1, -0.05) is 11.6 Å². The number of ether oxygens (including phenoxy) is 1. The summed E-state index contributed by atoms with van der Waals surface area (Å²) in [7, 11) is -2.02. The van der Waals surface area contributed by atoms with E-state index in [-0.39, 0.29) is 10.9 Å². The summed E-state index contributed by atoms with van der Waals surface area (Å²) >= 11 is 6.04. The summed E-state index contributed by atoms with van der Waals surface area (Å²) in [4.78, 5) is 0.235. The van der Waals surface area contributed by atoms with Crippen LogP contribution in [0.3, 0.4) is 0 Å². The molecule has 112 valence electrons. The number of methoxy groups -OCH3 is 1. The van der Waals surface area contributed by atoms with Gasteiger partial charge in [0.25, 0.3) is 0 Å². The van der Waals surface area contributed by atoms with Crippen molar-refractivity contribution in [3.05, 3.63) is 22.7 Å². The van der Waals surface area contributed by atoms with Gasteiger partial charge in [0.05, 0.1) is 17.0 Å². The van der Waals surface area contributed by atoms with Crippen molar-refractivity contribution < 1.29 is 13.2 Å². The molecule has 0 atom stereocenters. The van der Waals surface area contributed by atoms with Gasteiger partial charge < -0.3 is 10.5 Å². The molecule has 7 heteroatoms. The van der Waals surface area contributed by atoms with Gasteiger partial charge in [-0.25, -0.2) is 8.42 Å². The first-order valence-corrected chi connectivity index (χ1v) is 8.28. The monoisotopic (exact) mass is 318 g/mol. The van der Waals surface area contributed by atoms with Crippen molar-refractivity contribution in [2.75, 3.05) is 20.2 Å². The average molecular weight is 319 g/mol. The molecule has 0 aliphatic carbocycles. The zero-order chi connectivity index (χ0) is 14.9. The fourth-order valence-electron chi connectivity index (χ4n) is 2.33. The summed E-state index contributed by atoms with van der Waals surface area (Å²) in [6.07, 6.45) is 1.37. The molecule has 1 aromatic rings. The second-order valence-corrected chi connectivity index (χ2v) is 7.31. The van der Waals surface area contributed by atoms with E-state index in [4.69, 9.17) is 22.1 Å². The number of halogens is 1. The van der Waals surface area contributed by atoms with Gasteiger partial charge in [-0.15, -0.1) is 0 Å². The molecule has 5 nitrogen and oxygen atoms in total. The quantitative estimate of drug-likeness (QED) is 0.922. The maximum absolute atomic E-state index is 12.7. The predicted molar refractivity (Wildman–Crippen MR) is 78.7 cm³/mol. The van der Waals surface area contributed by atoms with Gasteiger partial charge in [0.2, 0.25) is 10.0 Å².